The zero-order chi connectivity index (χ0) is 20.3. The van der Waals surface area contributed by atoms with Gasteiger partial charge in [0.15, 0.2) is 0 Å². The summed E-state index contributed by atoms with van der Waals surface area (Å²) in [7, 11) is -3.62. The lowest BCUT2D eigenvalue weighted by molar-refractivity contribution is -0.131. The van der Waals surface area contributed by atoms with Crippen molar-refractivity contribution in [2.45, 2.75) is 51.0 Å². The van der Waals surface area contributed by atoms with Gasteiger partial charge in [0, 0.05) is 19.5 Å². The summed E-state index contributed by atoms with van der Waals surface area (Å²) in [5.74, 6) is -0.00765. The molecule has 1 aliphatic rings. The highest BCUT2D eigenvalue weighted by Gasteiger charge is 2.29. The van der Waals surface area contributed by atoms with Gasteiger partial charge in [-0.3, -0.25) is 4.79 Å². The standard InChI is InChI=1S/C22H28N2O3S/c1-16-7-10-19(11-8-16)20-5-4-14-24(20)22(25)12-13-23-28(26,27)21-15-17(2)6-9-18(21)3/h6-11,15,20,23H,4-5,12-14H2,1-3H3. The Bertz CT molecular complexity index is 952. The van der Waals surface area contributed by atoms with Crippen LogP contribution in [-0.2, 0) is 14.8 Å². The maximum atomic E-state index is 12.7. The molecule has 0 aliphatic carbocycles. The number of hydrogen-bond acceptors (Lipinski definition) is 3. The molecule has 1 N–H and O–H groups in total. The Hall–Kier alpha value is -2.18. The van der Waals surface area contributed by atoms with Gasteiger partial charge in [-0.15, -0.1) is 0 Å². The minimum Gasteiger partial charge on any atom is -0.336 e. The van der Waals surface area contributed by atoms with E-state index in [1.165, 1.54) is 5.56 Å². The second kappa shape index (κ2) is 8.45. The van der Waals surface area contributed by atoms with Crippen LogP contribution >= 0.6 is 0 Å². The second-order valence-corrected chi connectivity index (χ2v) is 9.31. The lowest BCUT2D eigenvalue weighted by Gasteiger charge is -2.25. The molecule has 2 aromatic rings. The van der Waals surface area contributed by atoms with Gasteiger partial charge in [-0.1, -0.05) is 42.0 Å². The smallest absolute Gasteiger partial charge is 0.240 e. The Kier molecular flexibility index (Phi) is 6.20. The first-order valence-corrected chi connectivity index (χ1v) is 11.2. The van der Waals surface area contributed by atoms with Crippen molar-refractivity contribution in [2.24, 2.45) is 0 Å². The van der Waals surface area contributed by atoms with Crippen LogP contribution in [0.15, 0.2) is 47.4 Å². The molecule has 6 heteroatoms. The predicted octanol–water partition coefficient (Wildman–Crippen LogP) is 3.64. The second-order valence-electron chi connectivity index (χ2n) is 7.57. The van der Waals surface area contributed by atoms with Crippen molar-refractivity contribution in [1.29, 1.82) is 0 Å². The van der Waals surface area contributed by atoms with Crippen molar-refractivity contribution in [3.05, 3.63) is 64.7 Å². The summed E-state index contributed by atoms with van der Waals surface area (Å²) >= 11 is 0. The highest BCUT2D eigenvalue weighted by Crippen LogP contribution is 2.32. The SMILES string of the molecule is Cc1ccc(C2CCCN2C(=O)CCNS(=O)(=O)c2cc(C)ccc2C)cc1. The minimum atomic E-state index is -3.62. The molecule has 1 heterocycles. The van der Waals surface area contributed by atoms with E-state index in [2.05, 4.69) is 29.0 Å². The lowest BCUT2D eigenvalue weighted by atomic mass is 10.0. The van der Waals surface area contributed by atoms with E-state index in [0.29, 0.717) is 5.56 Å². The van der Waals surface area contributed by atoms with E-state index >= 15 is 0 Å². The Morgan fingerprint density at radius 1 is 1.07 bits per heavy atom. The van der Waals surface area contributed by atoms with Gasteiger partial charge >= 0.3 is 0 Å². The molecule has 1 unspecified atom stereocenters. The first-order chi connectivity index (χ1) is 13.3. The molecule has 0 saturated carbocycles. The monoisotopic (exact) mass is 400 g/mol. The van der Waals surface area contributed by atoms with E-state index in [-0.39, 0.29) is 29.8 Å². The molecule has 1 amide bonds. The van der Waals surface area contributed by atoms with Gasteiger partial charge in [0.25, 0.3) is 0 Å². The van der Waals surface area contributed by atoms with Gasteiger partial charge in [-0.25, -0.2) is 13.1 Å². The Morgan fingerprint density at radius 3 is 2.46 bits per heavy atom. The predicted molar refractivity (Wildman–Crippen MR) is 111 cm³/mol. The van der Waals surface area contributed by atoms with Gasteiger partial charge in [-0.05, 0) is 56.4 Å². The van der Waals surface area contributed by atoms with Gasteiger partial charge in [0.1, 0.15) is 0 Å². The lowest BCUT2D eigenvalue weighted by Crippen LogP contribution is -2.34. The Morgan fingerprint density at radius 2 is 1.75 bits per heavy atom. The summed E-state index contributed by atoms with van der Waals surface area (Å²) in [6.07, 6.45) is 2.08. The maximum absolute atomic E-state index is 12.7. The molecule has 1 aliphatic heterocycles. The summed E-state index contributed by atoms with van der Waals surface area (Å²) in [5.41, 5.74) is 3.93. The maximum Gasteiger partial charge on any atom is 0.240 e. The fourth-order valence-electron chi connectivity index (χ4n) is 3.71. The summed E-state index contributed by atoms with van der Waals surface area (Å²) in [4.78, 5) is 14.9. The van der Waals surface area contributed by atoms with E-state index < -0.39 is 10.0 Å². The largest absolute Gasteiger partial charge is 0.336 e. The van der Waals surface area contributed by atoms with Crippen molar-refractivity contribution in [3.63, 3.8) is 0 Å². The van der Waals surface area contributed by atoms with E-state index in [9.17, 15) is 13.2 Å². The van der Waals surface area contributed by atoms with Crippen molar-refractivity contribution >= 4 is 15.9 Å². The highest BCUT2D eigenvalue weighted by molar-refractivity contribution is 7.89. The van der Waals surface area contributed by atoms with E-state index in [0.717, 1.165) is 30.5 Å². The summed E-state index contributed by atoms with van der Waals surface area (Å²) in [6, 6.07) is 13.7. The van der Waals surface area contributed by atoms with Crippen LogP contribution in [0.4, 0.5) is 0 Å². The number of likely N-dealkylation sites (tertiary alicyclic amines) is 1. The molecule has 1 saturated heterocycles. The molecular formula is C22H28N2O3S. The normalized spacial score (nSPS) is 17.1. The fourth-order valence-corrected chi connectivity index (χ4v) is 5.07. The van der Waals surface area contributed by atoms with Gasteiger partial charge in [0.05, 0.1) is 10.9 Å². The van der Waals surface area contributed by atoms with E-state index in [4.69, 9.17) is 0 Å². The van der Waals surface area contributed by atoms with E-state index in [1.54, 1.807) is 19.1 Å². The average Bonchev–Trinajstić information content (AvgIpc) is 3.14. The molecule has 2 aromatic carbocycles. The van der Waals surface area contributed by atoms with E-state index in [1.807, 2.05) is 24.8 Å². The molecule has 150 valence electrons. The third-order valence-electron chi connectivity index (χ3n) is 5.30. The van der Waals surface area contributed by atoms with Gasteiger partial charge in [-0.2, -0.15) is 0 Å². The number of aryl methyl sites for hydroxylation is 3. The topological polar surface area (TPSA) is 66.5 Å². The third kappa shape index (κ3) is 4.62. The van der Waals surface area contributed by atoms with Crippen molar-refractivity contribution in [2.75, 3.05) is 13.1 Å². The van der Waals surface area contributed by atoms with Crippen molar-refractivity contribution < 1.29 is 13.2 Å². The Labute approximate surface area is 167 Å². The highest BCUT2D eigenvalue weighted by atomic mass is 32.2. The number of benzene rings is 2. The molecule has 0 bridgehead atoms. The number of amides is 1. The average molecular weight is 401 g/mol. The minimum absolute atomic E-state index is 0.00765. The van der Waals surface area contributed by atoms with Gasteiger partial charge in [0.2, 0.25) is 15.9 Å². The van der Waals surface area contributed by atoms with Gasteiger partial charge < -0.3 is 4.90 Å². The number of hydrogen-bond donors (Lipinski definition) is 1. The molecule has 0 radical (unpaired) electrons. The van der Waals surface area contributed by atoms with Crippen molar-refractivity contribution in [3.8, 4) is 0 Å². The number of nitrogens with zero attached hydrogens (tertiary/aromatic N) is 1. The summed E-state index contributed by atoms with van der Waals surface area (Å²) in [6.45, 7) is 6.51. The first-order valence-electron chi connectivity index (χ1n) is 9.71. The van der Waals surface area contributed by atoms with Crippen molar-refractivity contribution in [1.82, 2.24) is 9.62 Å². The van der Waals surface area contributed by atoms with Crippen LogP contribution in [0.5, 0.6) is 0 Å². The van der Waals surface area contributed by atoms with Crippen LogP contribution in [0.2, 0.25) is 0 Å². The molecule has 3 rings (SSSR count). The molecule has 5 nitrogen and oxygen atoms in total. The van der Waals surface area contributed by atoms with Crippen LogP contribution < -0.4 is 4.72 Å². The molecule has 1 atom stereocenters. The zero-order valence-electron chi connectivity index (χ0n) is 16.7. The Balaban J connectivity index is 1.62. The van der Waals surface area contributed by atoms with Crippen LogP contribution in [0.25, 0.3) is 0 Å². The molecular weight excluding hydrogens is 372 g/mol. The molecule has 0 spiro atoms. The third-order valence-corrected chi connectivity index (χ3v) is 6.90. The van der Waals surface area contributed by atoms with Crippen LogP contribution in [0, 0.1) is 20.8 Å². The summed E-state index contributed by atoms with van der Waals surface area (Å²) in [5, 5.41) is 0. The zero-order valence-corrected chi connectivity index (χ0v) is 17.6. The van der Waals surface area contributed by atoms with Crippen LogP contribution in [0.1, 0.15) is 47.6 Å². The number of carbonyl (C=O) groups is 1. The molecule has 0 aromatic heterocycles. The number of rotatable bonds is 6. The molecule has 1 fully saturated rings. The first kappa shape index (κ1) is 20.6. The summed E-state index contributed by atoms with van der Waals surface area (Å²) < 4.78 is 27.8. The number of sulfonamides is 1. The fraction of sp³-hybridized carbons (Fsp3) is 0.409. The quantitative estimate of drug-likeness (QED) is 0.805. The van der Waals surface area contributed by atoms with Crippen LogP contribution in [0.3, 0.4) is 0 Å². The molecule has 28 heavy (non-hydrogen) atoms. The van der Waals surface area contributed by atoms with Crippen LogP contribution in [-0.4, -0.2) is 32.3 Å². The number of nitrogens with one attached hydrogen (secondary N) is 1. The number of carbonyl (C=O) groups excluding carboxylic acids is 1.